The second-order valence-corrected chi connectivity index (χ2v) is 9.39. The third-order valence-electron chi connectivity index (χ3n) is 6.34. The van der Waals surface area contributed by atoms with Gasteiger partial charge in [-0.15, -0.1) is 11.3 Å². The molecule has 0 unspecified atom stereocenters. The number of esters is 1. The van der Waals surface area contributed by atoms with Crippen molar-refractivity contribution < 1.29 is 9.53 Å². The van der Waals surface area contributed by atoms with Crippen LogP contribution in [0.1, 0.15) is 37.9 Å². The summed E-state index contributed by atoms with van der Waals surface area (Å²) in [4.78, 5) is 32.8. The van der Waals surface area contributed by atoms with Gasteiger partial charge in [-0.25, -0.2) is 4.98 Å². The second-order valence-electron chi connectivity index (χ2n) is 8.12. The van der Waals surface area contributed by atoms with Crippen molar-refractivity contribution in [2.75, 3.05) is 0 Å². The van der Waals surface area contributed by atoms with Crippen LogP contribution >= 0.6 is 22.9 Å². The van der Waals surface area contributed by atoms with E-state index < -0.39 is 0 Å². The number of nitrogens with one attached hydrogen (secondary N) is 1. The van der Waals surface area contributed by atoms with E-state index in [0.29, 0.717) is 39.3 Å². The Morgan fingerprint density at radius 3 is 2.86 bits per heavy atom. The van der Waals surface area contributed by atoms with Crippen LogP contribution in [0.15, 0.2) is 34.4 Å². The first-order valence-corrected chi connectivity index (χ1v) is 11.2. The Balaban J connectivity index is 1.31. The normalized spacial score (nSPS) is 23.0. The number of benzene rings is 1. The van der Waals surface area contributed by atoms with E-state index in [1.165, 1.54) is 30.6 Å². The van der Waals surface area contributed by atoms with Gasteiger partial charge in [0.2, 0.25) is 0 Å². The first kappa shape index (κ1) is 18.8. The average molecular weight is 429 g/mol. The van der Waals surface area contributed by atoms with Crippen molar-refractivity contribution in [3.63, 3.8) is 0 Å². The first-order chi connectivity index (χ1) is 14.1. The van der Waals surface area contributed by atoms with Crippen molar-refractivity contribution in [1.29, 1.82) is 0 Å². The maximum atomic E-state index is 12.7. The monoisotopic (exact) mass is 428 g/mol. The van der Waals surface area contributed by atoms with Crippen molar-refractivity contribution >= 4 is 39.1 Å². The van der Waals surface area contributed by atoms with Crippen LogP contribution in [0.3, 0.4) is 0 Å². The van der Waals surface area contributed by atoms with E-state index in [-0.39, 0.29) is 18.1 Å². The molecule has 0 saturated heterocycles. The summed E-state index contributed by atoms with van der Waals surface area (Å²) in [6.07, 6.45) is 5.47. The Bertz CT molecular complexity index is 1140. The molecule has 2 aliphatic rings. The lowest BCUT2D eigenvalue weighted by atomic mass is 9.86. The van der Waals surface area contributed by atoms with Gasteiger partial charge >= 0.3 is 5.97 Å². The molecule has 2 aliphatic carbocycles. The minimum absolute atomic E-state index is 0.00977. The number of rotatable bonds is 5. The number of carbonyl (C=O) groups is 1. The third kappa shape index (κ3) is 3.60. The van der Waals surface area contributed by atoms with Crippen LogP contribution in [0.2, 0.25) is 5.02 Å². The minimum atomic E-state index is -0.245. The summed E-state index contributed by atoms with van der Waals surface area (Å²) in [6.45, 7) is -0.00977. The van der Waals surface area contributed by atoms with Crippen LogP contribution < -0.4 is 5.56 Å². The van der Waals surface area contributed by atoms with Gasteiger partial charge in [-0.3, -0.25) is 9.59 Å². The maximum absolute atomic E-state index is 12.7. The SMILES string of the molecule is O=C(C[C@@H]1C[C@H]2CC[C@@H]1C2)OCc1nc2scc(-c3ccccc3Cl)c2c(=O)[nH]1. The van der Waals surface area contributed by atoms with Gasteiger partial charge in [-0.1, -0.05) is 36.2 Å². The standard InChI is InChI=1S/C22H21ClN2O3S/c23-17-4-2-1-3-15(17)16-11-29-22-20(16)21(27)24-18(25-22)10-28-19(26)9-14-8-12-5-6-13(14)7-12/h1-4,11-14H,5-10H2,(H,24,25,27)/t12-,13+,14-/m0/s1. The van der Waals surface area contributed by atoms with Gasteiger partial charge in [0.25, 0.3) is 5.56 Å². The fraction of sp³-hybridized carbons (Fsp3) is 0.409. The molecular weight excluding hydrogens is 408 g/mol. The summed E-state index contributed by atoms with van der Waals surface area (Å²) in [5, 5.41) is 2.99. The number of aromatic amines is 1. The predicted molar refractivity (Wildman–Crippen MR) is 114 cm³/mol. The van der Waals surface area contributed by atoms with Crippen LogP contribution in [0, 0.1) is 17.8 Å². The number of thiophene rings is 1. The summed E-state index contributed by atoms with van der Waals surface area (Å²) in [7, 11) is 0. The highest BCUT2D eigenvalue weighted by atomic mass is 35.5. The molecule has 2 fully saturated rings. The fourth-order valence-electron chi connectivity index (χ4n) is 4.99. The number of carbonyl (C=O) groups excluding carboxylic acids is 1. The zero-order valence-corrected chi connectivity index (χ0v) is 17.4. The Morgan fingerprint density at radius 2 is 2.10 bits per heavy atom. The van der Waals surface area contributed by atoms with Crippen molar-refractivity contribution in [3.05, 3.63) is 50.8 Å². The van der Waals surface area contributed by atoms with Gasteiger partial charge in [0.1, 0.15) is 17.3 Å². The molecule has 0 aliphatic heterocycles. The topological polar surface area (TPSA) is 72.0 Å². The second kappa shape index (κ2) is 7.58. The molecule has 29 heavy (non-hydrogen) atoms. The van der Waals surface area contributed by atoms with E-state index in [4.69, 9.17) is 16.3 Å². The molecule has 5 nitrogen and oxygen atoms in total. The van der Waals surface area contributed by atoms with Crippen LogP contribution in [0.25, 0.3) is 21.3 Å². The molecule has 0 radical (unpaired) electrons. The molecule has 7 heteroatoms. The van der Waals surface area contributed by atoms with Crippen molar-refractivity contribution in [1.82, 2.24) is 9.97 Å². The molecule has 2 heterocycles. The van der Waals surface area contributed by atoms with Crippen molar-refractivity contribution in [2.24, 2.45) is 17.8 Å². The summed E-state index contributed by atoms with van der Waals surface area (Å²) in [5.74, 6) is 2.14. The fourth-order valence-corrected chi connectivity index (χ4v) is 6.18. The molecule has 3 aromatic rings. The van der Waals surface area contributed by atoms with E-state index >= 15 is 0 Å². The molecule has 0 amide bonds. The zero-order chi connectivity index (χ0) is 20.0. The molecule has 5 rings (SSSR count). The molecule has 1 aromatic carbocycles. The number of fused-ring (bicyclic) bond motifs is 3. The van der Waals surface area contributed by atoms with Crippen LogP contribution in [-0.2, 0) is 16.1 Å². The Hall–Kier alpha value is -2.18. The van der Waals surface area contributed by atoms with Crippen molar-refractivity contribution in [3.8, 4) is 11.1 Å². The smallest absolute Gasteiger partial charge is 0.306 e. The third-order valence-corrected chi connectivity index (χ3v) is 7.54. The van der Waals surface area contributed by atoms with E-state index in [1.54, 1.807) is 6.07 Å². The minimum Gasteiger partial charge on any atom is -0.458 e. The largest absolute Gasteiger partial charge is 0.458 e. The van der Waals surface area contributed by atoms with Gasteiger partial charge in [0.05, 0.1) is 5.39 Å². The number of hydrogen-bond donors (Lipinski definition) is 1. The highest BCUT2D eigenvalue weighted by Crippen LogP contribution is 2.49. The van der Waals surface area contributed by atoms with Gasteiger partial charge in [-0.05, 0) is 43.1 Å². The number of ether oxygens (including phenoxy) is 1. The summed E-state index contributed by atoms with van der Waals surface area (Å²) in [6, 6.07) is 7.42. The maximum Gasteiger partial charge on any atom is 0.306 e. The van der Waals surface area contributed by atoms with Gasteiger partial charge in [0.15, 0.2) is 0 Å². The van der Waals surface area contributed by atoms with E-state index in [1.807, 2.05) is 23.6 Å². The quantitative estimate of drug-likeness (QED) is 0.568. The number of aromatic nitrogens is 2. The van der Waals surface area contributed by atoms with E-state index in [9.17, 15) is 9.59 Å². The Labute approximate surface area is 177 Å². The molecule has 2 aromatic heterocycles. The lowest BCUT2D eigenvalue weighted by Crippen LogP contribution is -2.18. The molecular formula is C22H21ClN2O3S. The summed E-state index contributed by atoms with van der Waals surface area (Å²) < 4.78 is 5.42. The number of halogens is 1. The zero-order valence-electron chi connectivity index (χ0n) is 15.8. The lowest BCUT2D eigenvalue weighted by molar-refractivity contribution is -0.146. The van der Waals surface area contributed by atoms with Gasteiger partial charge in [0, 0.05) is 28.0 Å². The molecule has 2 saturated carbocycles. The van der Waals surface area contributed by atoms with E-state index in [2.05, 4.69) is 9.97 Å². The van der Waals surface area contributed by atoms with Gasteiger partial charge < -0.3 is 9.72 Å². The number of H-pyrrole nitrogens is 1. The van der Waals surface area contributed by atoms with Crippen molar-refractivity contribution in [2.45, 2.75) is 38.7 Å². The van der Waals surface area contributed by atoms with Gasteiger partial charge in [-0.2, -0.15) is 0 Å². The summed E-state index contributed by atoms with van der Waals surface area (Å²) >= 11 is 7.68. The van der Waals surface area contributed by atoms with Crippen LogP contribution in [0.5, 0.6) is 0 Å². The Kier molecular flexibility index (Phi) is 4.92. The highest BCUT2D eigenvalue weighted by Gasteiger charge is 2.40. The lowest BCUT2D eigenvalue weighted by Gasteiger charge is -2.20. The molecule has 0 spiro atoms. The summed E-state index contributed by atoms with van der Waals surface area (Å²) in [5.41, 5.74) is 1.33. The highest BCUT2D eigenvalue weighted by molar-refractivity contribution is 7.17. The molecule has 3 atom stereocenters. The first-order valence-electron chi connectivity index (χ1n) is 9.99. The molecule has 150 valence electrons. The molecule has 1 N–H and O–H groups in total. The number of hydrogen-bond acceptors (Lipinski definition) is 5. The number of nitrogens with zero attached hydrogens (tertiary/aromatic N) is 1. The van der Waals surface area contributed by atoms with Crippen LogP contribution in [0.4, 0.5) is 0 Å². The predicted octanol–water partition coefficient (Wildman–Crippen LogP) is 5.17. The average Bonchev–Trinajstić information content (AvgIpc) is 3.42. The van der Waals surface area contributed by atoms with Crippen LogP contribution in [-0.4, -0.2) is 15.9 Å². The molecule has 2 bridgehead atoms. The van der Waals surface area contributed by atoms with E-state index in [0.717, 1.165) is 23.5 Å². The Morgan fingerprint density at radius 1 is 1.24 bits per heavy atom.